The van der Waals surface area contributed by atoms with Crippen molar-refractivity contribution < 1.29 is 0 Å². The number of pyridine rings is 1. The molecule has 1 rings (SSSR count). The summed E-state index contributed by atoms with van der Waals surface area (Å²) in [6.07, 6.45) is 0. The van der Waals surface area contributed by atoms with E-state index in [-0.39, 0.29) is 0 Å². The van der Waals surface area contributed by atoms with E-state index >= 15 is 0 Å². The van der Waals surface area contributed by atoms with Gasteiger partial charge in [0.05, 0.1) is 0 Å². The van der Waals surface area contributed by atoms with E-state index < -0.39 is 0 Å². The van der Waals surface area contributed by atoms with Crippen LogP contribution in [0.3, 0.4) is 0 Å². The molecular formula is C10H14N. The van der Waals surface area contributed by atoms with Crippen LogP contribution in [0.25, 0.3) is 0 Å². The molecule has 0 aliphatic heterocycles. The Morgan fingerprint density at radius 3 is 2.45 bits per heavy atom. The molecule has 0 spiro atoms. The van der Waals surface area contributed by atoms with Crippen molar-refractivity contribution in [3.8, 4) is 0 Å². The summed E-state index contributed by atoms with van der Waals surface area (Å²) in [6, 6.07) is 4.03. The lowest BCUT2D eigenvalue weighted by molar-refractivity contribution is 0.814. The zero-order valence-corrected chi connectivity index (χ0v) is 7.39. The van der Waals surface area contributed by atoms with Crippen molar-refractivity contribution in [3.05, 3.63) is 36.0 Å². The predicted octanol–water partition coefficient (Wildman–Crippen LogP) is 2.70. The predicted molar refractivity (Wildman–Crippen MR) is 47.5 cm³/mol. The summed E-state index contributed by atoms with van der Waals surface area (Å²) < 4.78 is 0. The van der Waals surface area contributed by atoms with Crippen molar-refractivity contribution in [2.45, 2.75) is 26.7 Å². The van der Waals surface area contributed by atoms with E-state index in [1.54, 1.807) is 0 Å². The Kier molecular flexibility index (Phi) is 2.28. The minimum Gasteiger partial charge on any atom is -0.258 e. The van der Waals surface area contributed by atoms with Crippen LogP contribution in [0.2, 0.25) is 0 Å². The highest BCUT2D eigenvalue weighted by Crippen LogP contribution is 2.13. The lowest BCUT2D eigenvalue weighted by Gasteiger charge is -2.05. The minimum absolute atomic E-state index is 0.496. The quantitative estimate of drug-likeness (QED) is 0.596. The fourth-order valence-corrected chi connectivity index (χ4v) is 1.06. The molecule has 1 nitrogen and oxygen atoms in total. The van der Waals surface area contributed by atoms with Gasteiger partial charge in [-0.15, -0.1) is 0 Å². The van der Waals surface area contributed by atoms with Crippen molar-refractivity contribution in [3.63, 3.8) is 0 Å². The van der Waals surface area contributed by atoms with E-state index in [0.29, 0.717) is 5.92 Å². The molecular weight excluding hydrogens is 134 g/mol. The monoisotopic (exact) mass is 148 g/mol. The Balaban J connectivity index is 3.08. The molecule has 0 amide bonds. The first-order valence-electron chi connectivity index (χ1n) is 3.90. The second kappa shape index (κ2) is 3.04. The Morgan fingerprint density at radius 2 is 2.00 bits per heavy atom. The van der Waals surface area contributed by atoms with E-state index in [0.717, 1.165) is 17.0 Å². The normalized spacial score (nSPS) is 10.6. The number of rotatable bonds is 1. The molecule has 59 valence electrons. The molecule has 1 heterocycles. The maximum Gasteiger partial charge on any atom is 0.0434 e. The van der Waals surface area contributed by atoms with Crippen LogP contribution in [0, 0.1) is 13.8 Å². The summed E-state index contributed by atoms with van der Waals surface area (Å²) in [5.74, 6) is 0.496. The minimum atomic E-state index is 0.496. The second-order valence-electron chi connectivity index (χ2n) is 3.20. The van der Waals surface area contributed by atoms with Gasteiger partial charge in [-0.05, 0) is 37.5 Å². The first-order chi connectivity index (χ1) is 5.09. The standard InChI is InChI=1S/C10H14N/c1-7(2)10-6-8(3)5-9(4)11-10/h5-7H,3H2,1-2,4H3. The van der Waals surface area contributed by atoms with E-state index in [1.807, 2.05) is 19.1 Å². The fraction of sp³-hybridized carbons (Fsp3) is 0.400. The lowest BCUT2D eigenvalue weighted by Crippen LogP contribution is -1.95. The van der Waals surface area contributed by atoms with Crippen LogP contribution in [0.15, 0.2) is 12.1 Å². The molecule has 0 aliphatic rings. The second-order valence-corrected chi connectivity index (χ2v) is 3.20. The fourth-order valence-electron chi connectivity index (χ4n) is 1.06. The van der Waals surface area contributed by atoms with Gasteiger partial charge in [-0.3, -0.25) is 4.98 Å². The maximum atomic E-state index is 4.39. The van der Waals surface area contributed by atoms with Crippen LogP contribution in [-0.4, -0.2) is 4.98 Å². The number of hydrogen-bond donors (Lipinski definition) is 0. The van der Waals surface area contributed by atoms with Crippen LogP contribution in [-0.2, 0) is 0 Å². The average molecular weight is 148 g/mol. The third-order valence-electron chi connectivity index (χ3n) is 1.62. The molecule has 0 aromatic carbocycles. The molecule has 0 unspecified atom stereocenters. The molecule has 0 saturated carbocycles. The molecule has 0 atom stereocenters. The SMILES string of the molecule is [CH2]c1cc(C)nc(C(C)C)c1. The summed E-state index contributed by atoms with van der Waals surface area (Å²) in [7, 11) is 0. The Hall–Kier alpha value is -0.850. The Morgan fingerprint density at radius 1 is 1.36 bits per heavy atom. The molecule has 1 radical (unpaired) electrons. The molecule has 0 aliphatic carbocycles. The van der Waals surface area contributed by atoms with E-state index in [1.165, 1.54) is 0 Å². The molecule has 1 heteroatoms. The number of aromatic nitrogens is 1. The molecule has 0 saturated heterocycles. The van der Waals surface area contributed by atoms with Gasteiger partial charge < -0.3 is 0 Å². The van der Waals surface area contributed by atoms with Gasteiger partial charge in [-0.1, -0.05) is 13.8 Å². The van der Waals surface area contributed by atoms with Crippen molar-refractivity contribution in [1.29, 1.82) is 0 Å². The highest BCUT2D eigenvalue weighted by Gasteiger charge is 2.00. The van der Waals surface area contributed by atoms with E-state index in [4.69, 9.17) is 0 Å². The lowest BCUT2D eigenvalue weighted by atomic mass is 10.1. The topological polar surface area (TPSA) is 12.9 Å². The summed E-state index contributed by atoms with van der Waals surface area (Å²) >= 11 is 0. The van der Waals surface area contributed by atoms with E-state index in [2.05, 4.69) is 25.8 Å². The van der Waals surface area contributed by atoms with Crippen LogP contribution in [0.4, 0.5) is 0 Å². The zero-order chi connectivity index (χ0) is 8.43. The number of aryl methyl sites for hydroxylation is 1. The van der Waals surface area contributed by atoms with E-state index in [9.17, 15) is 0 Å². The van der Waals surface area contributed by atoms with Crippen LogP contribution < -0.4 is 0 Å². The summed E-state index contributed by atoms with van der Waals surface area (Å²) in [6.45, 7) is 10.2. The van der Waals surface area contributed by atoms with Gasteiger partial charge in [0, 0.05) is 11.4 Å². The largest absolute Gasteiger partial charge is 0.258 e. The highest BCUT2D eigenvalue weighted by molar-refractivity contribution is 5.24. The number of nitrogens with zero attached hydrogens (tertiary/aromatic N) is 1. The van der Waals surface area contributed by atoms with Crippen molar-refractivity contribution in [2.75, 3.05) is 0 Å². The Labute approximate surface area is 68.5 Å². The first-order valence-corrected chi connectivity index (χ1v) is 3.90. The van der Waals surface area contributed by atoms with Crippen molar-refractivity contribution in [2.24, 2.45) is 0 Å². The van der Waals surface area contributed by atoms with Crippen molar-refractivity contribution >= 4 is 0 Å². The van der Waals surface area contributed by atoms with Crippen LogP contribution in [0.5, 0.6) is 0 Å². The molecule has 0 bridgehead atoms. The maximum absolute atomic E-state index is 4.39. The summed E-state index contributed by atoms with van der Waals surface area (Å²) in [4.78, 5) is 4.39. The van der Waals surface area contributed by atoms with Gasteiger partial charge in [0.2, 0.25) is 0 Å². The van der Waals surface area contributed by atoms with Gasteiger partial charge in [0.25, 0.3) is 0 Å². The number of hydrogen-bond acceptors (Lipinski definition) is 1. The average Bonchev–Trinajstić information content (AvgIpc) is 1.85. The first kappa shape index (κ1) is 8.25. The molecule has 0 N–H and O–H groups in total. The van der Waals surface area contributed by atoms with Gasteiger partial charge >= 0.3 is 0 Å². The van der Waals surface area contributed by atoms with Gasteiger partial charge in [-0.2, -0.15) is 0 Å². The highest BCUT2D eigenvalue weighted by atomic mass is 14.7. The van der Waals surface area contributed by atoms with Crippen LogP contribution >= 0.6 is 0 Å². The van der Waals surface area contributed by atoms with Gasteiger partial charge in [-0.25, -0.2) is 0 Å². The summed E-state index contributed by atoms with van der Waals surface area (Å²) in [5.41, 5.74) is 3.25. The molecule has 0 fully saturated rings. The smallest absolute Gasteiger partial charge is 0.0434 e. The third kappa shape index (κ3) is 2.04. The van der Waals surface area contributed by atoms with Gasteiger partial charge in [0.15, 0.2) is 0 Å². The van der Waals surface area contributed by atoms with Crippen LogP contribution in [0.1, 0.15) is 36.7 Å². The van der Waals surface area contributed by atoms with Gasteiger partial charge in [0.1, 0.15) is 0 Å². The van der Waals surface area contributed by atoms with Crippen molar-refractivity contribution in [1.82, 2.24) is 4.98 Å². The third-order valence-corrected chi connectivity index (χ3v) is 1.62. The zero-order valence-electron chi connectivity index (χ0n) is 7.39. The molecule has 11 heavy (non-hydrogen) atoms. The Bertz CT molecular complexity index is 231. The molecule has 1 aromatic heterocycles. The summed E-state index contributed by atoms with van der Waals surface area (Å²) in [5, 5.41) is 0. The molecule has 1 aromatic rings.